The fourth-order valence-corrected chi connectivity index (χ4v) is 3.93. The average Bonchev–Trinajstić information content (AvgIpc) is 2.81. The van der Waals surface area contributed by atoms with Crippen LogP contribution in [0.25, 0.3) is 0 Å². The van der Waals surface area contributed by atoms with Gasteiger partial charge in [-0.2, -0.15) is 22.0 Å². The molecular weight excluding hydrogens is 477 g/mol. The minimum atomic E-state index is -4.80. The molecule has 2 N–H and O–H groups in total. The number of hydrogen-bond acceptors (Lipinski definition) is 4. The number of aromatic carboxylic acids is 1. The Bertz CT molecular complexity index is 1040. The van der Waals surface area contributed by atoms with Crippen molar-refractivity contribution in [2.24, 2.45) is 0 Å². The summed E-state index contributed by atoms with van der Waals surface area (Å²) in [5, 5.41) is 19.1. The topological polar surface area (TPSA) is 87.1 Å². The number of rotatable bonds is 9. The zero-order valence-corrected chi connectivity index (χ0v) is 18.5. The zero-order valence-electron chi connectivity index (χ0n) is 18.5. The van der Waals surface area contributed by atoms with Crippen molar-refractivity contribution >= 4 is 12.1 Å². The van der Waals surface area contributed by atoms with Crippen LogP contribution in [-0.2, 0) is 23.3 Å². The molecule has 1 aliphatic rings. The van der Waals surface area contributed by atoms with E-state index in [9.17, 15) is 36.6 Å². The molecule has 2 aromatic carbocycles. The highest BCUT2D eigenvalue weighted by Crippen LogP contribution is 2.38. The van der Waals surface area contributed by atoms with Crippen molar-refractivity contribution in [2.75, 3.05) is 13.2 Å². The highest BCUT2D eigenvalue weighted by molar-refractivity contribution is 5.87. The van der Waals surface area contributed by atoms with Crippen LogP contribution in [0.2, 0.25) is 0 Å². The molecule has 1 aliphatic heterocycles. The van der Waals surface area contributed by atoms with Crippen LogP contribution in [0.1, 0.15) is 46.3 Å². The van der Waals surface area contributed by atoms with E-state index in [0.29, 0.717) is 25.0 Å². The Kier molecular flexibility index (Phi) is 7.99. The van der Waals surface area contributed by atoms with E-state index in [-0.39, 0.29) is 25.1 Å². The molecule has 0 bridgehead atoms. The molecule has 190 valence electrons. The van der Waals surface area contributed by atoms with Gasteiger partial charge in [-0.3, -0.25) is 0 Å². The highest BCUT2D eigenvalue weighted by Gasteiger charge is 2.42. The number of carboxylic acids is 1. The minimum absolute atomic E-state index is 0.0111. The van der Waals surface area contributed by atoms with Crippen LogP contribution in [0.5, 0.6) is 0 Å². The van der Waals surface area contributed by atoms with Crippen molar-refractivity contribution in [2.45, 2.75) is 49.9 Å². The van der Waals surface area contributed by atoms with Crippen LogP contribution in [0.15, 0.2) is 48.5 Å². The van der Waals surface area contributed by atoms with Crippen LogP contribution in [0.4, 0.5) is 26.7 Å². The van der Waals surface area contributed by atoms with E-state index in [0.717, 1.165) is 17.7 Å². The van der Waals surface area contributed by atoms with Crippen LogP contribution < -0.4 is 0 Å². The summed E-state index contributed by atoms with van der Waals surface area (Å²) in [7, 11) is 0. The maximum absolute atomic E-state index is 14.7. The standard InChI is InChI=1S/C24H24F5NO5/c25-23(26,17-2-1-3-18(14-17)24(27,28)29)20(31)9-8-19-11-13-35-22(34)30(19)12-10-15-4-6-16(7-5-15)21(32)33/h1-7,14,19-20,31H,8-13H2,(H,32,33)/t19-,20+/m0/s1. The molecule has 0 radical (unpaired) electrons. The second-order valence-electron chi connectivity index (χ2n) is 8.30. The molecule has 0 spiro atoms. The number of aliphatic hydroxyl groups excluding tert-OH is 1. The number of cyclic esters (lactones) is 1. The summed E-state index contributed by atoms with van der Waals surface area (Å²) in [6, 6.07) is 8.24. The summed E-state index contributed by atoms with van der Waals surface area (Å²) in [5.41, 5.74) is -1.31. The molecule has 0 saturated carbocycles. The number of aliphatic hydroxyl groups is 1. The first-order valence-electron chi connectivity index (χ1n) is 10.9. The van der Waals surface area contributed by atoms with Gasteiger partial charge in [-0.05, 0) is 49.1 Å². The van der Waals surface area contributed by atoms with E-state index in [2.05, 4.69) is 0 Å². The second kappa shape index (κ2) is 10.6. The Balaban J connectivity index is 1.64. The maximum Gasteiger partial charge on any atom is 0.416 e. The smallest absolute Gasteiger partial charge is 0.416 e. The summed E-state index contributed by atoms with van der Waals surface area (Å²) < 4.78 is 73.2. The quantitative estimate of drug-likeness (QED) is 0.468. The van der Waals surface area contributed by atoms with E-state index in [1.54, 1.807) is 12.1 Å². The van der Waals surface area contributed by atoms with Crippen LogP contribution >= 0.6 is 0 Å². The lowest BCUT2D eigenvalue weighted by Gasteiger charge is -2.36. The van der Waals surface area contributed by atoms with Gasteiger partial charge in [-0.15, -0.1) is 0 Å². The first kappa shape index (κ1) is 26.4. The van der Waals surface area contributed by atoms with Gasteiger partial charge in [0.2, 0.25) is 0 Å². The van der Waals surface area contributed by atoms with Crippen LogP contribution in [0, 0.1) is 0 Å². The number of ether oxygens (including phenoxy) is 1. The third kappa shape index (κ3) is 6.47. The molecule has 1 saturated heterocycles. The van der Waals surface area contributed by atoms with Gasteiger partial charge in [0.05, 0.1) is 17.7 Å². The number of nitrogens with zero attached hydrogens (tertiary/aromatic N) is 1. The van der Waals surface area contributed by atoms with Gasteiger partial charge >= 0.3 is 18.2 Å². The fourth-order valence-electron chi connectivity index (χ4n) is 3.93. The summed E-state index contributed by atoms with van der Waals surface area (Å²) in [6.45, 7) is 0.253. The number of benzene rings is 2. The molecule has 6 nitrogen and oxygen atoms in total. The lowest BCUT2D eigenvalue weighted by atomic mass is 9.95. The Morgan fingerprint density at radius 2 is 1.74 bits per heavy atom. The predicted molar refractivity (Wildman–Crippen MR) is 114 cm³/mol. The number of alkyl halides is 5. The molecule has 2 atom stereocenters. The number of hydrogen-bond donors (Lipinski definition) is 2. The second-order valence-corrected chi connectivity index (χ2v) is 8.30. The van der Waals surface area contributed by atoms with E-state index in [1.807, 2.05) is 0 Å². The van der Waals surface area contributed by atoms with E-state index < -0.39 is 53.9 Å². The lowest BCUT2D eigenvalue weighted by Crippen LogP contribution is -2.47. The molecule has 3 rings (SSSR count). The van der Waals surface area contributed by atoms with Gasteiger partial charge < -0.3 is 19.8 Å². The van der Waals surface area contributed by atoms with Gasteiger partial charge in [-0.1, -0.05) is 24.3 Å². The van der Waals surface area contributed by atoms with E-state index in [1.165, 1.54) is 17.0 Å². The number of carboxylic acid groups (broad SMARTS) is 1. The van der Waals surface area contributed by atoms with Crippen molar-refractivity contribution in [1.29, 1.82) is 0 Å². The SMILES string of the molecule is O=C(O)c1ccc(CCN2C(=O)OCC[C@@H]2CC[C@@H](O)C(F)(F)c2cccc(C(F)(F)F)c2)cc1. The predicted octanol–water partition coefficient (Wildman–Crippen LogP) is 5.09. The monoisotopic (exact) mass is 501 g/mol. The summed E-state index contributed by atoms with van der Waals surface area (Å²) in [5.74, 6) is -5.00. The minimum Gasteiger partial charge on any atom is -0.478 e. The van der Waals surface area contributed by atoms with Crippen molar-refractivity contribution in [1.82, 2.24) is 4.90 Å². The number of carbonyl (C=O) groups is 2. The third-order valence-electron chi connectivity index (χ3n) is 5.96. The molecule has 1 heterocycles. The van der Waals surface area contributed by atoms with Crippen molar-refractivity contribution < 1.29 is 46.5 Å². The normalized spacial score (nSPS) is 17.7. The molecule has 2 aromatic rings. The summed E-state index contributed by atoms with van der Waals surface area (Å²) >= 11 is 0. The molecule has 11 heteroatoms. The largest absolute Gasteiger partial charge is 0.478 e. The lowest BCUT2D eigenvalue weighted by molar-refractivity contribution is -0.139. The van der Waals surface area contributed by atoms with E-state index >= 15 is 0 Å². The van der Waals surface area contributed by atoms with Crippen molar-refractivity contribution in [3.63, 3.8) is 0 Å². The molecule has 1 fully saturated rings. The van der Waals surface area contributed by atoms with Crippen LogP contribution in [-0.4, -0.2) is 52.5 Å². The van der Waals surface area contributed by atoms with Gasteiger partial charge in [0, 0.05) is 24.6 Å². The van der Waals surface area contributed by atoms with Gasteiger partial charge in [0.25, 0.3) is 5.92 Å². The number of amides is 1. The zero-order chi connectivity index (χ0) is 25.8. The molecule has 0 aromatic heterocycles. The van der Waals surface area contributed by atoms with Gasteiger partial charge in [0.1, 0.15) is 6.10 Å². The molecule has 0 aliphatic carbocycles. The number of halogens is 5. The first-order valence-corrected chi connectivity index (χ1v) is 10.9. The first-order chi connectivity index (χ1) is 16.4. The van der Waals surface area contributed by atoms with Crippen molar-refractivity contribution in [3.8, 4) is 0 Å². The maximum atomic E-state index is 14.7. The highest BCUT2D eigenvalue weighted by atomic mass is 19.4. The Morgan fingerprint density at radius 3 is 2.37 bits per heavy atom. The Hall–Kier alpha value is -3.21. The average molecular weight is 501 g/mol. The summed E-state index contributed by atoms with van der Waals surface area (Å²) in [4.78, 5) is 24.6. The fraction of sp³-hybridized carbons (Fsp3) is 0.417. The van der Waals surface area contributed by atoms with Crippen molar-refractivity contribution in [3.05, 3.63) is 70.8 Å². The molecule has 1 amide bonds. The van der Waals surface area contributed by atoms with Gasteiger partial charge in [0.15, 0.2) is 0 Å². The number of carbonyl (C=O) groups excluding carboxylic acids is 1. The Morgan fingerprint density at radius 1 is 1.09 bits per heavy atom. The van der Waals surface area contributed by atoms with Gasteiger partial charge in [-0.25, -0.2) is 9.59 Å². The molecular formula is C24H24F5NO5. The third-order valence-corrected chi connectivity index (χ3v) is 5.96. The van der Waals surface area contributed by atoms with E-state index in [4.69, 9.17) is 9.84 Å². The summed E-state index contributed by atoms with van der Waals surface area (Å²) in [6.07, 6.45) is -7.46. The Labute approximate surface area is 197 Å². The molecule has 35 heavy (non-hydrogen) atoms. The van der Waals surface area contributed by atoms with Crippen LogP contribution in [0.3, 0.4) is 0 Å². The molecule has 0 unspecified atom stereocenters.